The highest BCUT2D eigenvalue weighted by Gasteiger charge is 2.24. The van der Waals surface area contributed by atoms with Crippen molar-refractivity contribution in [3.63, 3.8) is 0 Å². The van der Waals surface area contributed by atoms with Crippen LogP contribution in [-0.2, 0) is 14.8 Å². The maximum absolute atomic E-state index is 13.1. The summed E-state index contributed by atoms with van der Waals surface area (Å²) in [6.07, 6.45) is 0.618. The third kappa shape index (κ3) is 3.95. The van der Waals surface area contributed by atoms with Crippen molar-refractivity contribution in [1.29, 1.82) is 0 Å². The molecule has 1 aromatic rings. The highest BCUT2D eigenvalue weighted by Crippen LogP contribution is 2.18. The van der Waals surface area contributed by atoms with E-state index >= 15 is 0 Å². The maximum atomic E-state index is 13.1. The third-order valence-corrected chi connectivity index (χ3v) is 4.44. The number of halogens is 2. The van der Waals surface area contributed by atoms with Gasteiger partial charge in [-0.25, -0.2) is 17.2 Å². The van der Waals surface area contributed by atoms with Crippen LogP contribution >= 0.6 is 0 Å². The maximum Gasteiger partial charge on any atom is 0.243 e. The van der Waals surface area contributed by atoms with Crippen molar-refractivity contribution in [3.05, 3.63) is 29.8 Å². The molecular formula is C12H17F2NO3S. The highest BCUT2D eigenvalue weighted by atomic mass is 32.2. The zero-order valence-electron chi connectivity index (χ0n) is 10.9. The molecule has 1 rings (SSSR count). The van der Waals surface area contributed by atoms with Crippen molar-refractivity contribution in [2.24, 2.45) is 0 Å². The van der Waals surface area contributed by atoms with E-state index < -0.39 is 21.7 Å². The topological polar surface area (TPSA) is 46.6 Å². The number of sulfonamides is 1. The van der Waals surface area contributed by atoms with E-state index in [-0.39, 0.29) is 18.0 Å². The van der Waals surface area contributed by atoms with E-state index in [1.54, 1.807) is 0 Å². The molecule has 0 aliphatic carbocycles. The molecule has 0 saturated carbocycles. The number of hydrogen-bond donors (Lipinski definition) is 0. The van der Waals surface area contributed by atoms with Gasteiger partial charge in [0.25, 0.3) is 0 Å². The van der Waals surface area contributed by atoms with Crippen LogP contribution in [0.25, 0.3) is 0 Å². The van der Waals surface area contributed by atoms with E-state index in [1.165, 1.54) is 11.4 Å². The smallest absolute Gasteiger partial charge is 0.243 e. The monoisotopic (exact) mass is 293 g/mol. The fourth-order valence-corrected chi connectivity index (χ4v) is 3.11. The Bertz CT molecular complexity index is 520. The molecule has 0 aliphatic heterocycles. The van der Waals surface area contributed by atoms with Crippen molar-refractivity contribution in [2.45, 2.75) is 18.2 Å². The van der Waals surface area contributed by atoms with Gasteiger partial charge in [-0.3, -0.25) is 0 Å². The Balaban J connectivity index is 3.07. The Labute approximate surface area is 112 Å². The molecule has 0 unspecified atom stereocenters. The molecule has 0 N–H and O–H groups in total. The molecule has 0 aliphatic rings. The summed E-state index contributed by atoms with van der Waals surface area (Å²) in [6.45, 7) is 2.54. The Kier molecular flexibility index (Phi) is 5.84. The van der Waals surface area contributed by atoms with Gasteiger partial charge < -0.3 is 4.74 Å². The van der Waals surface area contributed by atoms with Crippen LogP contribution in [0.5, 0.6) is 0 Å². The van der Waals surface area contributed by atoms with Gasteiger partial charge in [0.2, 0.25) is 10.0 Å². The summed E-state index contributed by atoms with van der Waals surface area (Å²) in [7, 11) is -2.36. The second kappa shape index (κ2) is 6.93. The lowest BCUT2D eigenvalue weighted by molar-refractivity contribution is 0.179. The van der Waals surface area contributed by atoms with Gasteiger partial charge in [-0.05, 0) is 24.6 Å². The first kappa shape index (κ1) is 16.0. The number of nitrogens with zero attached hydrogens (tertiary/aromatic N) is 1. The lowest BCUT2D eigenvalue weighted by Gasteiger charge is -2.21. The predicted octanol–water partition coefficient (Wildman–Crippen LogP) is 2.01. The molecule has 0 amide bonds. The van der Waals surface area contributed by atoms with Crippen LogP contribution in [0.1, 0.15) is 13.3 Å². The second-order valence-electron chi connectivity index (χ2n) is 3.97. The number of ether oxygens (including phenoxy) is 1. The number of benzene rings is 1. The first-order chi connectivity index (χ1) is 8.93. The molecule has 0 bridgehead atoms. The Morgan fingerprint density at radius 3 is 2.42 bits per heavy atom. The van der Waals surface area contributed by atoms with Crippen molar-refractivity contribution in [3.8, 4) is 0 Å². The van der Waals surface area contributed by atoms with E-state index in [0.717, 1.165) is 12.1 Å². The molecule has 4 nitrogen and oxygen atoms in total. The zero-order chi connectivity index (χ0) is 14.5. The lowest BCUT2D eigenvalue weighted by Crippen LogP contribution is -2.34. The fourth-order valence-electron chi connectivity index (χ4n) is 1.58. The summed E-state index contributed by atoms with van der Waals surface area (Å²) < 4.78 is 56.6. The molecule has 19 heavy (non-hydrogen) atoms. The summed E-state index contributed by atoms with van der Waals surface area (Å²) in [6, 6.07) is 2.56. The van der Waals surface area contributed by atoms with Gasteiger partial charge in [0, 0.05) is 20.2 Å². The van der Waals surface area contributed by atoms with Crippen LogP contribution < -0.4 is 0 Å². The van der Waals surface area contributed by atoms with Crippen LogP contribution in [0.3, 0.4) is 0 Å². The van der Waals surface area contributed by atoms with Gasteiger partial charge in [0.05, 0.1) is 11.5 Å². The van der Waals surface area contributed by atoms with Gasteiger partial charge in [-0.1, -0.05) is 6.92 Å². The molecule has 1 aromatic carbocycles. The van der Waals surface area contributed by atoms with Gasteiger partial charge >= 0.3 is 0 Å². The molecule has 0 aromatic heterocycles. The number of methoxy groups -OCH3 is 1. The summed E-state index contributed by atoms with van der Waals surface area (Å²) in [5.41, 5.74) is 0. The SMILES string of the molecule is CCCN(CCOC)S(=O)(=O)c1ccc(F)c(F)c1. The van der Waals surface area contributed by atoms with Gasteiger partial charge in [0.1, 0.15) is 0 Å². The molecule has 0 atom stereocenters. The molecule has 108 valence electrons. The van der Waals surface area contributed by atoms with E-state index in [4.69, 9.17) is 4.74 Å². The third-order valence-electron chi connectivity index (χ3n) is 2.55. The molecular weight excluding hydrogens is 276 g/mol. The standard InChI is InChI=1S/C12H17F2NO3S/c1-3-6-15(7-8-18-2)19(16,17)10-4-5-11(13)12(14)9-10/h4-5,9H,3,6-8H2,1-2H3. The summed E-state index contributed by atoms with van der Waals surface area (Å²) >= 11 is 0. The Morgan fingerprint density at radius 1 is 1.21 bits per heavy atom. The van der Waals surface area contributed by atoms with Crippen molar-refractivity contribution in [2.75, 3.05) is 26.8 Å². The minimum absolute atomic E-state index is 0.172. The Hall–Kier alpha value is -1.05. The van der Waals surface area contributed by atoms with Crippen molar-refractivity contribution < 1.29 is 21.9 Å². The largest absolute Gasteiger partial charge is 0.383 e. The van der Waals surface area contributed by atoms with E-state index in [9.17, 15) is 17.2 Å². The highest BCUT2D eigenvalue weighted by molar-refractivity contribution is 7.89. The quantitative estimate of drug-likeness (QED) is 0.772. The van der Waals surface area contributed by atoms with E-state index in [0.29, 0.717) is 19.0 Å². The normalized spacial score (nSPS) is 12.1. The van der Waals surface area contributed by atoms with E-state index in [2.05, 4.69) is 0 Å². The molecule has 0 radical (unpaired) electrons. The fraction of sp³-hybridized carbons (Fsp3) is 0.500. The van der Waals surface area contributed by atoms with Crippen LogP contribution in [-0.4, -0.2) is 39.5 Å². The minimum atomic E-state index is -3.83. The first-order valence-corrected chi connectivity index (χ1v) is 7.31. The summed E-state index contributed by atoms with van der Waals surface area (Å²) in [5, 5.41) is 0. The molecule has 0 heterocycles. The van der Waals surface area contributed by atoms with Gasteiger partial charge in [-0.2, -0.15) is 4.31 Å². The average Bonchev–Trinajstić information content (AvgIpc) is 2.37. The van der Waals surface area contributed by atoms with E-state index in [1.807, 2.05) is 6.92 Å². The van der Waals surface area contributed by atoms with Gasteiger partial charge in [-0.15, -0.1) is 0 Å². The molecule has 7 heteroatoms. The first-order valence-electron chi connectivity index (χ1n) is 5.87. The summed E-state index contributed by atoms with van der Waals surface area (Å²) in [4.78, 5) is -0.254. The van der Waals surface area contributed by atoms with Gasteiger partial charge in [0.15, 0.2) is 11.6 Å². The molecule has 0 fully saturated rings. The number of hydrogen-bond acceptors (Lipinski definition) is 3. The van der Waals surface area contributed by atoms with Crippen LogP contribution in [0, 0.1) is 11.6 Å². The average molecular weight is 293 g/mol. The van der Waals surface area contributed by atoms with Crippen LogP contribution in [0.4, 0.5) is 8.78 Å². The Morgan fingerprint density at radius 2 is 1.89 bits per heavy atom. The summed E-state index contributed by atoms with van der Waals surface area (Å²) in [5.74, 6) is -2.25. The second-order valence-corrected chi connectivity index (χ2v) is 5.91. The van der Waals surface area contributed by atoms with Crippen molar-refractivity contribution in [1.82, 2.24) is 4.31 Å². The van der Waals surface area contributed by atoms with Crippen LogP contribution in [0.2, 0.25) is 0 Å². The predicted molar refractivity (Wildman–Crippen MR) is 67.3 cm³/mol. The molecule has 0 saturated heterocycles. The van der Waals surface area contributed by atoms with Crippen LogP contribution in [0.15, 0.2) is 23.1 Å². The zero-order valence-corrected chi connectivity index (χ0v) is 11.7. The number of rotatable bonds is 7. The molecule has 0 spiro atoms. The minimum Gasteiger partial charge on any atom is -0.383 e. The lowest BCUT2D eigenvalue weighted by atomic mass is 10.3. The van der Waals surface area contributed by atoms with Crippen molar-refractivity contribution >= 4 is 10.0 Å².